The van der Waals surface area contributed by atoms with E-state index in [1.807, 2.05) is 0 Å². The summed E-state index contributed by atoms with van der Waals surface area (Å²) in [4.78, 5) is 32.8. The number of hydrogen-bond acceptors (Lipinski definition) is 3. The summed E-state index contributed by atoms with van der Waals surface area (Å²) >= 11 is 0. The highest BCUT2D eigenvalue weighted by molar-refractivity contribution is 5.79. The number of hydrogen-bond donors (Lipinski definition) is 3. The number of hydrazine groups is 1. The maximum atomic E-state index is 11.2. The van der Waals surface area contributed by atoms with Crippen molar-refractivity contribution < 1.29 is 24.6 Å². The molecule has 0 aliphatic carbocycles. The van der Waals surface area contributed by atoms with Gasteiger partial charge < -0.3 is 15.0 Å². The number of carbonyl (C=O) groups excluding carboxylic acids is 1. The summed E-state index contributed by atoms with van der Waals surface area (Å²) in [5.74, 6) is 0. The lowest BCUT2D eigenvalue weighted by Gasteiger charge is -2.34. The predicted molar refractivity (Wildman–Crippen MR) is 60.9 cm³/mol. The van der Waals surface area contributed by atoms with Crippen molar-refractivity contribution in [3.8, 4) is 0 Å². The molecule has 2 amide bonds. The van der Waals surface area contributed by atoms with Gasteiger partial charge in [0.15, 0.2) is 6.29 Å². The summed E-state index contributed by atoms with van der Waals surface area (Å²) in [6.07, 6.45) is -2.77. The summed E-state index contributed by atoms with van der Waals surface area (Å²) in [5.41, 5.74) is 0.413. The third kappa shape index (κ3) is 2.57. The molecule has 1 rings (SSSR count). The van der Waals surface area contributed by atoms with Crippen LogP contribution in [0.15, 0.2) is 30.3 Å². The molecule has 1 aromatic carbocycles. The zero-order valence-electron chi connectivity index (χ0n) is 9.53. The Bertz CT molecular complexity index is 462. The molecule has 18 heavy (non-hydrogen) atoms. The van der Waals surface area contributed by atoms with E-state index in [4.69, 9.17) is 10.2 Å². The van der Waals surface area contributed by atoms with Gasteiger partial charge in [-0.25, -0.2) is 15.0 Å². The van der Waals surface area contributed by atoms with Gasteiger partial charge in [0.1, 0.15) is 5.54 Å². The monoisotopic (exact) mass is 252 g/mol. The largest absolute Gasteiger partial charge is 0.464 e. The van der Waals surface area contributed by atoms with Crippen LogP contribution < -0.4 is 5.43 Å². The summed E-state index contributed by atoms with van der Waals surface area (Å²) in [7, 11) is 0. The number of carbonyl (C=O) groups is 3. The Morgan fingerprint density at radius 2 is 1.83 bits per heavy atom. The van der Waals surface area contributed by atoms with Crippen LogP contribution in [0.4, 0.5) is 9.59 Å². The van der Waals surface area contributed by atoms with Crippen LogP contribution in [0.1, 0.15) is 12.5 Å². The van der Waals surface area contributed by atoms with Crippen LogP contribution in [0.25, 0.3) is 0 Å². The van der Waals surface area contributed by atoms with Crippen molar-refractivity contribution in [1.29, 1.82) is 0 Å². The molecular formula is C11H12N2O5. The topological polar surface area (TPSA) is 107 Å². The van der Waals surface area contributed by atoms with Crippen molar-refractivity contribution in [2.45, 2.75) is 12.5 Å². The van der Waals surface area contributed by atoms with E-state index in [-0.39, 0.29) is 0 Å². The van der Waals surface area contributed by atoms with E-state index < -0.39 is 17.7 Å². The summed E-state index contributed by atoms with van der Waals surface area (Å²) in [5, 5.41) is 17.9. The Hall–Kier alpha value is -2.57. The highest BCUT2D eigenvalue weighted by Gasteiger charge is 2.38. The lowest BCUT2D eigenvalue weighted by molar-refractivity contribution is -0.118. The summed E-state index contributed by atoms with van der Waals surface area (Å²) < 4.78 is 0. The molecule has 7 nitrogen and oxygen atoms in total. The predicted octanol–water partition coefficient (Wildman–Crippen LogP) is 1.26. The third-order valence-electron chi connectivity index (χ3n) is 2.45. The van der Waals surface area contributed by atoms with Gasteiger partial charge >= 0.3 is 12.2 Å². The van der Waals surface area contributed by atoms with Gasteiger partial charge in [0, 0.05) is 0 Å². The van der Waals surface area contributed by atoms with Gasteiger partial charge in [-0.15, -0.1) is 0 Å². The van der Waals surface area contributed by atoms with Gasteiger partial charge in [0.25, 0.3) is 0 Å². The second kappa shape index (κ2) is 5.17. The molecule has 0 aliphatic rings. The van der Waals surface area contributed by atoms with Crippen molar-refractivity contribution in [2.75, 3.05) is 0 Å². The Labute approximate surface area is 103 Å². The SMILES string of the molecule is C[C@](C=O)(c1ccccc1)N(NC(=O)O)C(=O)O. The molecule has 0 saturated carbocycles. The Morgan fingerprint density at radius 1 is 1.28 bits per heavy atom. The lowest BCUT2D eigenvalue weighted by Crippen LogP contribution is -2.57. The maximum absolute atomic E-state index is 11.2. The fourth-order valence-corrected chi connectivity index (χ4v) is 1.48. The van der Waals surface area contributed by atoms with Crippen molar-refractivity contribution in [3.63, 3.8) is 0 Å². The Balaban J connectivity index is 3.23. The molecule has 96 valence electrons. The second-order valence-electron chi connectivity index (χ2n) is 3.67. The van der Waals surface area contributed by atoms with E-state index in [1.165, 1.54) is 19.1 Å². The van der Waals surface area contributed by atoms with Crippen LogP contribution in [-0.2, 0) is 10.3 Å². The van der Waals surface area contributed by atoms with E-state index in [1.54, 1.807) is 23.6 Å². The number of amides is 2. The fraction of sp³-hybridized carbons (Fsp3) is 0.182. The summed E-state index contributed by atoms with van der Waals surface area (Å²) in [6.45, 7) is 1.30. The quantitative estimate of drug-likeness (QED) is 0.554. The molecule has 0 aliphatic heterocycles. The van der Waals surface area contributed by atoms with Crippen LogP contribution in [0, 0.1) is 0 Å². The minimum Gasteiger partial charge on any atom is -0.464 e. The number of aldehydes is 1. The number of nitrogens with zero attached hydrogens (tertiary/aromatic N) is 1. The first-order valence-corrected chi connectivity index (χ1v) is 4.96. The maximum Gasteiger partial charge on any atom is 0.427 e. The smallest absolute Gasteiger partial charge is 0.427 e. The first-order chi connectivity index (χ1) is 8.41. The summed E-state index contributed by atoms with van der Waals surface area (Å²) in [6, 6.07) is 8.02. The van der Waals surface area contributed by atoms with Gasteiger partial charge in [0.2, 0.25) is 0 Å². The standard InChI is InChI=1S/C11H12N2O5/c1-11(7-14,8-5-3-2-4-6-8)13(10(17)18)12-9(15)16/h2-7,12H,1H3,(H,15,16)(H,17,18)/t11-/m0/s1. The first kappa shape index (κ1) is 13.5. The zero-order chi connectivity index (χ0) is 13.8. The molecule has 0 aromatic heterocycles. The van der Waals surface area contributed by atoms with Crippen molar-refractivity contribution in [2.24, 2.45) is 0 Å². The lowest BCUT2D eigenvalue weighted by atomic mass is 9.93. The van der Waals surface area contributed by atoms with Gasteiger partial charge in [-0.05, 0) is 12.5 Å². The Morgan fingerprint density at radius 3 is 2.22 bits per heavy atom. The number of rotatable bonds is 3. The molecular weight excluding hydrogens is 240 g/mol. The molecule has 0 saturated heterocycles. The minimum atomic E-state index is -1.63. The molecule has 0 bridgehead atoms. The molecule has 0 spiro atoms. The van der Waals surface area contributed by atoms with Crippen LogP contribution in [0.2, 0.25) is 0 Å². The highest BCUT2D eigenvalue weighted by Crippen LogP contribution is 2.24. The molecule has 7 heteroatoms. The van der Waals surface area contributed by atoms with Crippen LogP contribution in [-0.4, -0.2) is 33.7 Å². The van der Waals surface area contributed by atoms with E-state index in [9.17, 15) is 14.4 Å². The molecule has 1 aromatic rings. The molecule has 0 fully saturated rings. The van der Waals surface area contributed by atoms with Gasteiger partial charge in [-0.1, -0.05) is 30.3 Å². The molecule has 0 unspecified atom stereocenters. The Kier molecular flexibility index (Phi) is 3.88. The molecule has 3 N–H and O–H groups in total. The highest BCUT2D eigenvalue weighted by atomic mass is 16.4. The van der Waals surface area contributed by atoms with Crippen molar-refractivity contribution in [1.82, 2.24) is 10.4 Å². The van der Waals surface area contributed by atoms with Crippen LogP contribution >= 0.6 is 0 Å². The van der Waals surface area contributed by atoms with Gasteiger partial charge in [-0.2, -0.15) is 5.01 Å². The van der Waals surface area contributed by atoms with Crippen LogP contribution in [0.3, 0.4) is 0 Å². The van der Waals surface area contributed by atoms with E-state index >= 15 is 0 Å². The number of carboxylic acid groups (broad SMARTS) is 2. The van der Waals surface area contributed by atoms with Crippen molar-refractivity contribution in [3.05, 3.63) is 35.9 Å². The second-order valence-corrected chi connectivity index (χ2v) is 3.67. The average Bonchev–Trinajstić information content (AvgIpc) is 2.35. The number of nitrogens with one attached hydrogen (secondary N) is 1. The van der Waals surface area contributed by atoms with Crippen LogP contribution in [0.5, 0.6) is 0 Å². The average molecular weight is 252 g/mol. The fourth-order valence-electron chi connectivity index (χ4n) is 1.48. The van der Waals surface area contributed by atoms with E-state index in [2.05, 4.69) is 0 Å². The molecule has 0 heterocycles. The van der Waals surface area contributed by atoms with E-state index in [0.29, 0.717) is 16.9 Å². The van der Waals surface area contributed by atoms with E-state index in [0.717, 1.165) is 0 Å². The number of benzene rings is 1. The van der Waals surface area contributed by atoms with Gasteiger partial charge in [0.05, 0.1) is 0 Å². The third-order valence-corrected chi connectivity index (χ3v) is 2.45. The van der Waals surface area contributed by atoms with Gasteiger partial charge in [-0.3, -0.25) is 0 Å². The van der Waals surface area contributed by atoms with Crippen molar-refractivity contribution >= 4 is 18.5 Å². The first-order valence-electron chi connectivity index (χ1n) is 4.96. The zero-order valence-corrected chi connectivity index (χ0v) is 9.53. The molecule has 0 radical (unpaired) electrons. The normalized spacial score (nSPS) is 13.2. The molecule has 1 atom stereocenters. The minimum absolute atomic E-state index is 0.345.